The lowest BCUT2D eigenvalue weighted by molar-refractivity contribution is -0.435. The zero-order valence-corrected chi connectivity index (χ0v) is 13.0. The van der Waals surface area contributed by atoms with Crippen LogP contribution < -0.4 is 0 Å². The minimum absolute atomic E-state index is 0.0450. The number of nitrogens with zero attached hydrogens (tertiary/aromatic N) is 2. The number of nitro benzene ring substituents is 1. The summed E-state index contributed by atoms with van der Waals surface area (Å²) in [6.45, 7) is 7.07. The average Bonchev–Trinajstić information content (AvgIpc) is 2.43. The standard InChI is InChI=1S/C16H18N2O4/c1-10-7-8-13(15(11(10)2)18(21)22)16(4)9-5-6-14(12(16)3)17(19)20/h5-9,12H,1-4H3. The molecule has 116 valence electrons. The molecule has 2 rings (SSSR count). The molecule has 0 aromatic heterocycles. The van der Waals surface area contributed by atoms with E-state index in [0.717, 1.165) is 5.56 Å². The lowest BCUT2D eigenvalue weighted by Crippen LogP contribution is -2.34. The average molecular weight is 302 g/mol. The van der Waals surface area contributed by atoms with E-state index in [9.17, 15) is 20.2 Å². The largest absolute Gasteiger partial charge is 0.276 e. The second-order valence-electron chi connectivity index (χ2n) is 5.87. The van der Waals surface area contributed by atoms with Gasteiger partial charge in [0.05, 0.1) is 15.8 Å². The molecule has 0 saturated heterocycles. The fraction of sp³-hybridized carbons (Fsp3) is 0.375. The number of allylic oxidation sites excluding steroid dienone is 4. The molecule has 1 aromatic rings. The van der Waals surface area contributed by atoms with Gasteiger partial charge in [0.1, 0.15) is 0 Å². The summed E-state index contributed by atoms with van der Waals surface area (Å²) in [6, 6.07) is 3.54. The van der Waals surface area contributed by atoms with E-state index in [2.05, 4.69) is 0 Å². The fourth-order valence-corrected chi connectivity index (χ4v) is 2.96. The van der Waals surface area contributed by atoms with E-state index in [1.165, 1.54) is 6.08 Å². The van der Waals surface area contributed by atoms with Crippen molar-refractivity contribution in [3.8, 4) is 0 Å². The highest BCUT2D eigenvalue weighted by Gasteiger charge is 2.43. The van der Waals surface area contributed by atoms with Crippen LogP contribution in [-0.2, 0) is 5.41 Å². The van der Waals surface area contributed by atoms with Gasteiger partial charge in [0.15, 0.2) is 0 Å². The van der Waals surface area contributed by atoms with Gasteiger partial charge < -0.3 is 0 Å². The molecule has 0 fully saturated rings. The van der Waals surface area contributed by atoms with Crippen LogP contribution in [0.5, 0.6) is 0 Å². The van der Waals surface area contributed by atoms with Crippen molar-refractivity contribution < 1.29 is 9.85 Å². The number of rotatable bonds is 3. The van der Waals surface area contributed by atoms with E-state index in [4.69, 9.17) is 0 Å². The lowest BCUT2D eigenvalue weighted by Gasteiger charge is -2.33. The van der Waals surface area contributed by atoms with Crippen LogP contribution in [0.15, 0.2) is 36.1 Å². The van der Waals surface area contributed by atoms with Gasteiger partial charge in [-0.15, -0.1) is 0 Å². The van der Waals surface area contributed by atoms with Crippen molar-refractivity contribution >= 4 is 5.69 Å². The van der Waals surface area contributed by atoms with Crippen molar-refractivity contribution in [1.82, 2.24) is 0 Å². The zero-order valence-electron chi connectivity index (χ0n) is 13.0. The third-order valence-corrected chi connectivity index (χ3v) is 4.73. The molecule has 0 spiro atoms. The topological polar surface area (TPSA) is 86.3 Å². The summed E-state index contributed by atoms with van der Waals surface area (Å²) in [7, 11) is 0. The second-order valence-corrected chi connectivity index (χ2v) is 5.87. The highest BCUT2D eigenvalue weighted by atomic mass is 16.6. The molecule has 0 saturated carbocycles. The SMILES string of the molecule is Cc1ccc(C2(C)C=CC=C([N+](=O)[O-])C2C)c([N+](=O)[O-])c1C. The third kappa shape index (κ3) is 2.30. The molecule has 2 atom stereocenters. The third-order valence-electron chi connectivity index (χ3n) is 4.73. The van der Waals surface area contributed by atoms with Gasteiger partial charge in [-0.05, 0) is 19.4 Å². The summed E-state index contributed by atoms with van der Waals surface area (Å²) < 4.78 is 0. The highest BCUT2D eigenvalue weighted by molar-refractivity contribution is 5.56. The summed E-state index contributed by atoms with van der Waals surface area (Å²) in [6.07, 6.45) is 4.87. The van der Waals surface area contributed by atoms with E-state index >= 15 is 0 Å². The number of hydrogen-bond acceptors (Lipinski definition) is 4. The molecular weight excluding hydrogens is 284 g/mol. The Morgan fingerprint density at radius 2 is 1.77 bits per heavy atom. The number of hydrogen-bond donors (Lipinski definition) is 0. The van der Waals surface area contributed by atoms with Crippen molar-refractivity contribution in [3.05, 3.63) is 73.0 Å². The molecule has 1 aliphatic carbocycles. The highest BCUT2D eigenvalue weighted by Crippen LogP contribution is 2.45. The van der Waals surface area contributed by atoms with Gasteiger partial charge in [-0.1, -0.05) is 38.1 Å². The minimum Gasteiger partial charge on any atom is -0.259 e. The summed E-state index contributed by atoms with van der Waals surface area (Å²) in [5, 5.41) is 22.7. The van der Waals surface area contributed by atoms with Crippen LogP contribution in [0.4, 0.5) is 5.69 Å². The van der Waals surface area contributed by atoms with E-state index in [-0.39, 0.29) is 11.4 Å². The second kappa shape index (κ2) is 5.36. The van der Waals surface area contributed by atoms with Crippen LogP contribution in [-0.4, -0.2) is 9.85 Å². The maximum atomic E-state index is 11.5. The summed E-state index contributed by atoms with van der Waals surface area (Å²) >= 11 is 0. The molecule has 2 unspecified atom stereocenters. The summed E-state index contributed by atoms with van der Waals surface area (Å²) in [5.41, 5.74) is 1.26. The smallest absolute Gasteiger partial charge is 0.259 e. The first-order chi connectivity index (χ1) is 10.2. The van der Waals surface area contributed by atoms with Crippen molar-refractivity contribution in [2.24, 2.45) is 5.92 Å². The predicted molar refractivity (Wildman–Crippen MR) is 83.3 cm³/mol. The van der Waals surface area contributed by atoms with Crippen LogP contribution in [0.3, 0.4) is 0 Å². The quantitative estimate of drug-likeness (QED) is 0.627. The lowest BCUT2D eigenvalue weighted by atomic mass is 9.68. The molecule has 1 aliphatic rings. The Hall–Kier alpha value is -2.50. The molecule has 0 bridgehead atoms. The maximum Gasteiger partial charge on any atom is 0.276 e. The van der Waals surface area contributed by atoms with Gasteiger partial charge in [-0.3, -0.25) is 20.2 Å². The Morgan fingerprint density at radius 1 is 1.14 bits per heavy atom. The fourth-order valence-electron chi connectivity index (χ4n) is 2.96. The molecular formula is C16H18N2O4. The molecule has 1 aromatic carbocycles. The minimum atomic E-state index is -0.794. The zero-order chi connectivity index (χ0) is 16.7. The normalized spacial score (nSPS) is 24.0. The van der Waals surface area contributed by atoms with Crippen LogP contribution in [0.25, 0.3) is 0 Å². The first-order valence-corrected chi connectivity index (χ1v) is 6.99. The van der Waals surface area contributed by atoms with E-state index < -0.39 is 21.2 Å². The van der Waals surface area contributed by atoms with Crippen molar-refractivity contribution in [3.63, 3.8) is 0 Å². The molecule has 0 heterocycles. The molecule has 6 heteroatoms. The van der Waals surface area contributed by atoms with Gasteiger partial charge in [0.2, 0.25) is 5.70 Å². The van der Waals surface area contributed by atoms with Crippen molar-refractivity contribution in [2.75, 3.05) is 0 Å². The summed E-state index contributed by atoms with van der Waals surface area (Å²) in [5.74, 6) is -0.465. The Balaban J connectivity index is 2.69. The molecule has 0 aliphatic heterocycles. The Labute approximate surface area is 128 Å². The van der Waals surface area contributed by atoms with Gasteiger partial charge in [0.25, 0.3) is 5.69 Å². The van der Waals surface area contributed by atoms with Crippen LogP contribution in [0.2, 0.25) is 0 Å². The van der Waals surface area contributed by atoms with Crippen LogP contribution in [0, 0.1) is 40.0 Å². The summed E-state index contributed by atoms with van der Waals surface area (Å²) in [4.78, 5) is 21.9. The van der Waals surface area contributed by atoms with Crippen LogP contribution in [0.1, 0.15) is 30.5 Å². The van der Waals surface area contributed by atoms with Crippen LogP contribution >= 0.6 is 0 Å². The number of aryl methyl sites for hydroxylation is 1. The Bertz CT molecular complexity index is 721. The first kappa shape index (κ1) is 15.9. The van der Waals surface area contributed by atoms with Gasteiger partial charge >= 0.3 is 0 Å². The Morgan fingerprint density at radius 3 is 2.32 bits per heavy atom. The monoisotopic (exact) mass is 302 g/mol. The predicted octanol–water partition coefficient (Wildman–Crippen LogP) is 3.84. The van der Waals surface area contributed by atoms with Crippen molar-refractivity contribution in [1.29, 1.82) is 0 Å². The number of nitro groups is 2. The van der Waals surface area contributed by atoms with Gasteiger partial charge in [-0.2, -0.15) is 0 Å². The van der Waals surface area contributed by atoms with E-state index in [0.29, 0.717) is 11.1 Å². The van der Waals surface area contributed by atoms with E-state index in [1.807, 2.05) is 26.0 Å². The Kier molecular flexibility index (Phi) is 3.87. The molecule has 0 radical (unpaired) electrons. The number of benzene rings is 1. The van der Waals surface area contributed by atoms with Crippen molar-refractivity contribution in [2.45, 2.75) is 33.1 Å². The molecule has 22 heavy (non-hydrogen) atoms. The van der Waals surface area contributed by atoms with Gasteiger partial charge in [0, 0.05) is 22.6 Å². The molecule has 6 nitrogen and oxygen atoms in total. The van der Waals surface area contributed by atoms with Gasteiger partial charge in [-0.25, -0.2) is 0 Å². The molecule has 0 amide bonds. The first-order valence-electron chi connectivity index (χ1n) is 6.99. The molecule has 0 N–H and O–H groups in total. The van der Waals surface area contributed by atoms with E-state index in [1.54, 1.807) is 26.0 Å². The maximum absolute atomic E-state index is 11.5.